The van der Waals surface area contributed by atoms with Gasteiger partial charge in [0.25, 0.3) is 0 Å². The number of hydrogen-bond acceptors (Lipinski definition) is 3. The highest BCUT2D eigenvalue weighted by atomic mass is 16.2. The molecular formula is C10H9N3O3. The first-order valence-electron chi connectivity index (χ1n) is 4.61. The highest BCUT2D eigenvalue weighted by Crippen LogP contribution is 2.07. The number of H-pyrrole nitrogens is 2. The lowest BCUT2D eigenvalue weighted by Crippen LogP contribution is -2.42. The van der Waals surface area contributed by atoms with Gasteiger partial charge in [0.05, 0.1) is 5.69 Å². The lowest BCUT2D eigenvalue weighted by atomic mass is 10.2. The third-order valence-electron chi connectivity index (χ3n) is 2.20. The maximum Gasteiger partial charge on any atom is 0.338 e. The Morgan fingerprint density at radius 2 is 1.56 bits per heavy atom. The fraction of sp³-hybridized carbons (Fsp3) is 0.100. The summed E-state index contributed by atoms with van der Waals surface area (Å²) in [5.41, 5.74) is -1.09. The van der Waals surface area contributed by atoms with Crippen molar-refractivity contribution in [3.8, 4) is 5.69 Å². The summed E-state index contributed by atoms with van der Waals surface area (Å²) in [7, 11) is 0. The molecule has 0 saturated heterocycles. The monoisotopic (exact) mass is 219 g/mol. The minimum Gasteiger partial charge on any atom is -0.258 e. The molecule has 0 spiro atoms. The summed E-state index contributed by atoms with van der Waals surface area (Å²) in [4.78, 5) is 37.9. The van der Waals surface area contributed by atoms with Crippen LogP contribution in [0.15, 0.2) is 38.6 Å². The molecule has 0 bridgehead atoms. The van der Waals surface area contributed by atoms with Crippen LogP contribution >= 0.6 is 0 Å². The van der Waals surface area contributed by atoms with Crippen molar-refractivity contribution in [2.45, 2.75) is 6.92 Å². The van der Waals surface area contributed by atoms with E-state index in [2.05, 4.69) is 0 Å². The molecule has 0 radical (unpaired) electrons. The summed E-state index contributed by atoms with van der Waals surface area (Å²) in [6.45, 7) is 1.77. The molecular weight excluding hydrogens is 210 g/mol. The van der Waals surface area contributed by atoms with Gasteiger partial charge in [0, 0.05) is 0 Å². The number of aromatic amines is 2. The van der Waals surface area contributed by atoms with Crippen LogP contribution in [0.4, 0.5) is 0 Å². The van der Waals surface area contributed by atoms with Crippen LogP contribution in [0.2, 0.25) is 0 Å². The van der Waals surface area contributed by atoms with Gasteiger partial charge in [-0.3, -0.25) is 9.97 Å². The minimum atomic E-state index is -0.806. The van der Waals surface area contributed by atoms with E-state index in [1.807, 2.05) is 9.97 Å². The zero-order chi connectivity index (χ0) is 11.7. The molecule has 0 atom stereocenters. The van der Waals surface area contributed by atoms with Gasteiger partial charge in [-0.25, -0.2) is 19.0 Å². The highest BCUT2D eigenvalue weighted by molar-refractivity contribution is 5.39. The molecule has 6 nitrogen and oxygen atoms in total. The Labute approximate surface area is 89.2 Å². The van der Waals surface area contributed by atoms with E-state index < -0.39 is 17.1 Å². The maximum absolute atomic E-state index is 11.5. The fourth-order valence-corrected chi connectivity index (χ4v) is 1.46. The Kier molecular flexibility index (Phi) is 2.32. The molecule has 2 N–H and O–H groups in total. The van der Waals surface area contributed by atoms with Crippen LogP contribution in [0.1, 0.15) is 5.56 Å². The molecule has 2 aromatic rings. The molecule has 82 valence electrons. The van der Waals surface area contributed by atoms with Gasteiger partial charge < -0.3 is 0 Å². The number of rotatable bonds is 1. The number of aryl methyl sites for hydroxylation is 1. The molecule has 1 aromatic carbocycles. The van der Waals surface area contributed by atoms with E-state index >= 15 is 0 Å². The third-order valence-corrected chi connectivity index (χ3v) is 2.20. The second-order valence-electron chi connectivity index (χ2n) is 3.31. The quantitative estimate of drug-likeness (QED) is 0.679. The smallest absolute Gasteiger partial charge is 0.258 e. The van der Waals surface area contributed by atoms with Crippen molar-refractivity contribution in [3.05, 3.63) is 61.3 Å². The summed E-state index contributed by atoms with van der Waals surface area (Å²) >= 11 is 0. The normalized spacial score (nSPS) is 10.3. The Balaban J connectivity index is 2.86. The Morgan fingerprint density at radius 3 is 2.12 bits per heavy atom. The van der Waals surface area contributed by atoms with Crippen molar-refractivity contribution >= 4 is 0 Å². The van der Waals surface area contributed by atoms with Crippen LogP contribution in [-0.2, 0) is 0 Å². The largest absolute Gasteiger partial charge is 0.338 e. The van der Waals surface area contributed by atoms with E-state index in [0.717, 1.165) is 10.1 Å². The average molecular weight is 219 g/mol. The van der Waals surface area contributed by atoms with Crippen molar-refractivity contribution in [1.29, 1.82) is 0 Å². The van der Waals surface area contributed by atoms with Gasteiger partial charge in [0.2, 0.25) is 0 Å². The van der Waals surface area contributed by atoms with Gasteiger partial charge >= 0.3 is 17.1 Å². The van der Waals surface area contributed by atoms with Crippen molar-refractivity contribution in [2.75, 3.05) is 0 Å². The van der Waals surface area contributed by atoms with Crippen LogP contribution < -0.4 is 17.1 Å². The van der Waals surface area contributed by atoms with Crippen LogP contribution in [-0.4, -0.2) is 14.5 Å². The van der Waals surface area contributed by atoms with Gasteiger partial charge in [-0.1, -0.05) is 18.2 Å². The van der Waals surface area contributed by atoms with Crippen molar-refractivity contribution < 1.29 is 0 Å². The number of benzene rings is 1. The molecule has 0 unspecified atom stereocenters. The topological polar surface area (TPSA) is 87.7 Å². The zero-order valence-corrected chi connectivity index (χ0v) is 8.48. The van der Waals surface area contributed by atoms with Crippen molar-refractivity contribution in [1.82, 2.24) is 14.5 Å². The molecule has 6 heteroatoms. The Bertz CT molecular complexity index is 659. The van der Waals surface area contributed by atoms with E-state index in [1.54, 1.807) is 31.2 Å². The maximum atomic E-state index is 11.5. The molecule has 0 fully saturated rings. The van der Waals surface area contributed by atoms with Crippen molar-refractivity contribution in [3.63, 3.8) is 0 Å². The molecule has 0 aliphatic rings. The van der Waals surface area contributed by atoms with Gasteiger partial charge in [0.1, 0.15) is 0 Å². The Morgan fingerprint density at radius 1 is 1.00 bits per heavy atom. The van der Waals surface area contributed by atoms with Crippen LogP contribution in [0.25, 0.3) is 5.69 Å². The summed E-state index contributed by atoms with van der Waals surface area (Å²) in [6.07, 6.45) is 0. The molecule has 0 saturated carbocycles. The first-order valence-corrected chi connectivity index (χ1v) is 4.61. The SMILES string of the molecule is Cc1ccccc1-n1c(=O)[nH]c(=O)[nH]c1=O. The van der Waals surface area contributed by atoms with Gasteiger partial charge in [0.15, 0.2) is 0 Å². The predicted molar refractivity (Wildman–Crippen MR) is 58.0 cm³/mol. The number of nitrogens with zero attached hydrogens (tertiary/aromatic N) is 1. The fourth-order valence-electron chi connectivity index (χ4n) is 1.46. The van der Waals surface area contributed by atoms with E-state index in [9.17, 15) is 14.4 Å². The second-order valence-corrected chi connectivity index (χ2v) is 3.31. The Hall–Kier alpha value is -2.37. The summed E-state index contributed by atoms with van der Waals surface area (Å²) in [5.74, 6) is 0. The summed E-state index contributed by atoms with van der Waals surface area (Å²) in [5, 5.41) is 0. The first kappa shape index (κ1) is 10.2. The summed E-state index contributed by atoms with van der Waals surface area (Å²) < 4.78 is 0.886. The molecule has 16 heavy (non-hydrogen) atoms. The first-order chi connectivity index (χ1) is 7.59. The van der Waals surface area contributed by atoms with Crippen LogP contribution in [0, 0.1) is 6.92 Å². The number of nitrogens with one attached hydrogen (secondary N) is 2. The molecule has 1 aromatic heterocycles. The van der Waals surface area contributed by atoms with E-state index in [0.29, 0.717) is 5.69 Å². The van der Waals surface area contributed by atoms with Crippen molar-refractivity contribution in [2.24, 2.45) is 0 Å². The summed E-state index contributed by atoms with van der Waals surface area (Å²) in [6, 6.07) is 6.90. The third kappa shape index (κ3) is 1.60. The van der Waals surface area contributed by atoms with E-state index in [-0.39, 0.29) is 0 Å². The van der Waals surface area contributed by atoms with Crippen LogP contribution in [0.3, 0.4) is 0 Å². The molecule has 1 heterocycles. The van der Waals surface area contributed by atoms with E-state index in [1.165, 1.54) is 0 Å². The lowest BCUT2D eigenvalue weighted by Gasteiger charge is -2.05. The highest BCUT2D eigenvalue weighted by Gasteiger charge is 2.07. The van der Waals surface area contributed by atoms with Crippen LogP contribution in [0.5, 0.6) is 0 Å². The lowest BCUT2D eigenvalue weighted by molar-refractivity contribution is 0.780. The molecule has 0 aliphatic carbocycles. The molecule has 0 amide bonds. The zero-order valence-electron chi connectivity index (χ0n) is 8.48. The predicted octanol–water partition coefficient (Wildman–Crippen LogP) is -0.477. The van der Waals surface area contributed by atoms with E-state index in [4.69, 9.17) is 0 Å². The number of para-hydroxylation sites is 1. The number of hydrogen-bond donors (Lipinski definition) is 2. The number of aromatic nitrogens is 3. The van der Waals surface area contributed by atoms with Gasteiger partial charge in [-0.05, 0) is 18.6 Å². The van der Waals surface area contributed by atoms with Gasteiger partial charge in [-0.2, -0.15) is 0 Å². The standard InChI is InChI=1S/C10H9N3O3/c1-6-4-2-3-5-7(6)13-9(15)11-8(14)12-10(13)16/h2-5H,1H3,(H2,11,12,14,15,16). The second kappa shape index (κ2) is 3.65. The molecule has 2 rings (SSSR count). The van der Waals surface area contributed by atoms with Gasteiger partial charge in [-0.15, -0.1) is 0 Å². The minimum absolute atomic E-state index is 0.449. The molecule has 0 aliphatic heterocycles. The average Bonchev–Trinajstić information content (AvgIpc) is 2.19.